The topological polar surface area (TPSA) is 35.8 Å². The fourth-order valence-electron chi connectivity index (χ4n) is 2.83. The Morgan fingerprint density at radius 1 is 1.29 bits per heavy atom. The van der Waals surface area contributed by atoms with E-state index in [0.717, 1.165) is 28.9 Å². The molecule has 0 saturated heterocycles. The van der Waals surface area contributed by atoms with Crippen LogP contribution in [-0.4, -0.2) is 33.9 Å². The molecule has 3 nitrogen and oxygen atoms in total. The number of thiophene rings is 1. The predicted molar refractivity (Wildman–Crippen MR) is 91.6 cm³/mol. The molecule has 2 aliphatic heterocycles. The van der Waals surface area contributed by atoms with Crippen molar-refractivity contribution in [2.24, 2.45) is 4.99 Å². The lowest BCUT2D eigenvalue weighted by Gasteiger charge is -2.21. The molecule has 0 amide bonds. The lowest BCUT2D eigenvalue weighted by atomic mass is 10.0. The molecule has 1 aromatic carbocycles. The van der Waals surface area contributed by atoms with E-state index >= 15 is 0 Å². The molecule has 0 radical (unpaired) electrons. The van der Waals surface area contributed by atoms with Crippen LogP contribution in [0.5, 0.6) is 0 Å². The van der Waals surface area contributed by atoms with Gasteiger partial charge in [-0.1, -0.05) is 30.0 Å². The van der Waals surface area contributed by atoms with Gasteiger partial charge >= 0.3 is 0 Å². The Balaban J connectivity index is 1.96. The van der Waals surface area contributed by atoms with Crippen LogP contribution in [0.15, 0.2) is 39.5 Å². The number of thioether (sulfide) groups is 1. The monoisotopic (exact) mass is 316 g/mol. The maximum Gasteiger partial charge on any atom is 0.168 e. The normalized spacial score (nSPS) is 18.6. The molecule has 0 unspecified atom stereocenters. The molecule has 1 aromatic heterocycles. The summed E-state index contributed by atoms with van der Waals surface area (Å²) in [4.78, 5) is 7.82. The summed E-state index contributed by atoms with van der Waals surface area (Å²) in [6.45, 7) is 5.45. The Hall–Kier alpha value is -1.30. The predicted octanol–water partition coefficient (Wildman–Crippen LogP) is 3.76. The van der Waals surface area contributed by atoms with Crippen LogP contribution in [0.4, 0.5) is 0 Å². The number of hydrogen-bond acceptors (Lipinski definition) is 5. The molecule has 0 fully saturated rings. The standard InChI is InChI=1S/C16H16N2OS2/c1-16(2,19)14-13(18-8-7-17-15(18)21-14)11-9-20-12-6-4-3-5-10(11)12/h3-6,9,19H,7-8H2,1-2H3. The Morgan fingerprint density at radius 3 is 2.90 bits per heavy atom. The fraction of sp³-hybridized carbons (Fsp3) is 0.312. The largest absolute Gasteiger partial charge is 0.385 e. The van der Waals surface area contributed by atoms with Crippen molar-refractivity contribution in [1.29, 1.82) is 0 Å². The first kappa shape index (κ1) is 13.4. The average molecular weight is 316 g/mol. The van der Waals surface area contributed by atoms with Gasteiger partial charge in [-0.2, -0.15) is 0 Å². The van der Waals surface area contributed by atoms with E-state index in [4.69, 9.17) is 0 Å². The van der Waals surface area contributed by atoms with E-state index < -0.39 is 5.60 Å². The summed E-state index contributed by atoms with van der Waals surface area (Å²) in [5, 5.41) is 15.0. The Morgan fingerprint density at radius 2 is 2.10 bits per heavy atom. The minimum absolute atomic E-state index is 0.840. The van der Waals surface area contributed by atoms with Crippen LogP contribution in [-0.2, 0) is 0 Å². The fourth-order valence-corrected chi connectivity index (χ4v) is 4.97. The molecule has 2 aromatic rings. The lowest BCUT2D eigenvalue weighted by molar-refractivity contribution is 0.129. The molecule has 108 valence electrons. The van der Waals surface area contributed by atoms with Crippen molar-refractivity contribution in [3.8, 4) is 0 Å². The molecule has 0 saturated carbocycles. The van der Waals surface area contributed by atoms with Gasteiger partial charge in [0.2, 0.25) is 0 Å². The van der Waals surface area contributed by atoms with Gasteiger partial charge in [0, 0.05) is 32.5 Å². The number of aliphatic hydroxyl groups is 1. The number of benzene rings is 1. The molecular weight excluding hydrogens is 300 g/mol. The van der Waals surface area contributed by atoms with E-state index in [1.165, 1.54) is 15.6 Å². The van der Waals surface area contributed by atoms with Crippen LogP contribution in [0.2, 0.25) is 0 Å². The number of amidine groups is 1. The summed E-state index contributed by atoms with van der Waals surface area (Å²) in [5.74, 6) is 0. The molecule has 0 atom stereocenters. The molecule has 0 aliphatic carbocycles. The van der Waals surface area contributed by atoms with E-state index in [1.807, 2.05) is 13.8 Å². The smallest absolute Gasteiger partial charge is 0.168 e. The van der Waals surface area contributed by atoms with Gasteiger partial charge in [0.05, 0.1) is 17.8 Å². The Labute approximate surface area is 132 Å². The summed E-state index contributed by atoms with van der Waals surface area (Å²) in [5.41, 5.74) is 1.50. The van der Waals surface area contributed by atoms with Crippen molar-refractivity contribution >= 4 is 44.0 Å². The van der Waals surface area contributed by atoms with Gasteiger partial charge in [-0.25, -0.2) is 0 Å². The number of hydrogen-bond donors (Lipinski definition) is 1. The molecule has 4 rings (SSSR count). The number of rotatable bonds is 2. The third-order valence-corrected chi connectivity index (χ3v) is 6.16. The molecule has 1 N–H and O–H groups in total. The summed E-state index contributed by atoms with van der Waals surface area (Å²) < 4.78 is 1.28. The van der Waals surface area contributed by atoms with Crippen molar-refractivity contribution in [3.63, 3.8) is 0 Å². The first-order chi connectivity index (χ1) is 10.1. The quantitative estimate of drug-likeness (QED) is 0.916. The van der Waals surface area contributed by atoms with E-state index in [9.17, 15) is 5.11 Å². The van der Waals surface area contributed by atoms with Crippen LogP contribution >= 0.6 is 23.1 Å². The Bertz CT molecular complexity index is 783. The maximum absolute atomic E-state index is 10.6. The van der Waals surface area contributed by atoms with E-state index in [-0.39, 0.29) is 0 Å². The minimum atomic E-state index is -0.851. The van der Waals surface area contributed by atoms with E-state index in [2.05, 4.69) is 39.5 Å². The SMILES string of the molecule is CC(C)(O)C1=C(c2csc3ccccc23)N2CCN=C2S1. The van der Waals surface area contributed by atoms with Crippen molar-refractivity contribution in [1.82, 2.24) is 4.90 Å². The van der Waals surface area contributed by atoms with Crippen LogP contribution in [0.25, 0.3) is 15.8 Å². The summed E-state index contributed by atoms with van der Waals surface area (Å²) in [6.07, 6.45) is 0. The van der Waals surface area contributed by atoms with Crippen molar-refractivity contribution in [2.75, 3.05) is 13.1 Å². The van der Waals surface area contributed by atoms with Gasteiger partial charge in [-0.05, 0) is 19.9 Å². The number of nitrogens with zero attached hydrogens (tertiary/aromatic N) is 2. The van der Waals surface area contributed by atoms with Crippen LogP contribution in [0.1, 0.15) is 19.4 Å². The zero-order chi connectivity index (χ0) is 14.6. The number of fused-ring (bicyclic) bond motifs is 2. The second-order valence-corrected chi connectivity index (χ2v) is 7.69. The molecule has 21 heavy (non-hydrogen) atoms. The van der Waals surface area contributed by atoms with Crippen molar-refractivity contribution in [3.05, 3.63) is 40.1 Å². The highest BCUT2D eigenvalue weighted by molar-refractivity contribution is 8.17. The molecule has 0 spiro atoms. The highest BCUT2D eigenvalue weighted by Crippen LogP contribution is 2.48. The molecule has 2 aliphatic rings. The highest BCUT2D eigenvalue weighted by atomic mass is 32.2. The minimum Gasteiger partial charge on any atom is -0.385 e. The molecule has 0 bridgehead atoms. The molecular formula is C16H16N2OS2. The van der Waals surface area contributed by atoms with E-state index in [1.54, 1.807) is 23.1 Å². The summed E-state index contributed by atoms with van der Waals surface area (Å²) in [6, 6.07) is 8.45. The van der Waals surface area contributed by atoms with Gasteiger partial charge in [0.25, 0.3) is 0 Å². The van der Waals surface area contributed by atoms with Gasteiger partial charge in [-0.15, -0.1) is 11.3 Å². The van der Waals surface area contributed by atoms with Crippen molar-refractivity contribution < 1.29 is 5.11 Å². The zero-order valence-corrected chi connectivity index (χ0v) is 13.6. The third kappa shape index (κ3) is 2.03. The van der Waals surface area contributed by atoms with Gasteiger partial charge < -0.3 is 10.0 Å². The summed E-state index contributed by atoms with van der Waals surface area (Å²) in [7, 11) is 0. The first-order valence-corrected chi connectivity index (χ1v) is 8.69. The highest BCUT2D eigenvalue weighted by Gasteiger charge is 2.39. The summed E-state index contributed by atoms with van der Waals surface area (Å²) >= 11 is 3.37. The van der Waals surface area contributed by atoms with Crippen LogP contribution in [0.3, 0.4) is 0 Å². The van der Waals surface area contributed by atoms with Crippen LogP contribution < -0.4 is 0 Å². The van der Waals surface area contributed by atoms with Crippen molar-refractivity contribution in [2.45, 2.75) is 19.4 Å². The zero-order valence-electron chi connectivity index (χ0n) is 12.0. The Kier molecular flexibility index (Phi) is 2.93. The maximum atomic E-state index is 10.6. The van der Waals surface area contributed by atoms with Gasteiger partial charge in [-0.3, -0.25) is 4.99 Å². The molecule has 3 heterocycles. The third-order valence-electron chi connectivity index (χ3n) is 3.77. The lowest BCUT2D eigenvalue weighted by Crippen LogP contribution is -2.23. The first-order valence-electron chi connectivity index (χ1n) is 6.99. The van der Waals surface area contributed by atoms with Crippen LogP contribution in [0, 0.1) is 0 Å². The second-order valence-electron chi connectivity index (χ2n) is 5.80. The molecule has 5 heteroatoms. The van der Waals surface area contributed by atoms with Gasteiger partial charge in [0.15, 0.2) is 5.17 Å². The second kappa shape index (κ2) is 4.60. The average Bonchev–Trinajstić information content (AvgIpc) is 3.10. The van der Waals surface area contributed by atoms with Gasteiger partial charge in [0.1, 0.15) is 0 Å². The van der Waals surface area contributed by atoms with E-state index in [0.29, 0.717) is 0 Å². The number of aliphatic imine (C=N–C) groups is 1.